The lowest BCUT2D eigenvalue weighted by atomic mass is 10.2. The number of nitro groups is 1. The largest absolute Gasteiger partial charge is 0.484 e. The molecule has 22 heavy (non-hydrogen) atoms. The molecule has 0 saturated heterocycles. The molecule has 0 radical (unpaired) electrons. The van der Waals surface area contributed by atoms with Crippen molar-refractivity contribution in [1.82, 2.24) is 0 Å². The summed E-state index contributed by atoms with van der Waals surface area (Å²) in [7, 11) is 0. The molecule has 112 valence electrons. The van der Waals surface area contributed by atoms with Crippen LogP contribution in [0.3, 0.4) is 0 Å². The van der Waals surface area contributed by atoms with E-state index < -0.39 is 4.92 Å². The number of amides is 1. The molecule has 0 aliphatic rings. The number of ether oxygens (including phenoxy) is 1. The van der Waals surface area contributed by atoms with Crippen molar-refractivity contribution in [1.29, 1.82) is 0 Å². The van der Waals surface area contributed by atoms with E-state index in [1.54, 1.807) is 36.4 Å². The van der Waals surface area contributed by atoms with Gasteiger partial charge in [0.2, 0.25) is 6.20 Å². The summed E-state index contributed by atoms with van der Waals surface area (Å²) in [6.07, 6.45) is 2.25. The molecule has 0 heterocycles. The fourth-order valence-corrected chi connectivity index (χ4v) is 1.69. The number of nitrogens with zero attached hydrogens (tertiary/aromatic N) is 1. The van der Waals surface area contributed by atoms with E-state index in [0.717, 1.165) is 6.20 Å². The van der Waals surface area contributed by atoms with Gasteiger partial charge < -0.3 is 10.1 Å². The number of nitrogens with one attached hydrogen (secondary N) is 1. The van der Waals surface area contributed by atoms with Gasteiger partial charge in [-0.25, -0.2) is 0 Å². The molecule has 0 aliphatic heterocycles. The van der Waals surface area contributed by atoms with E-state index in [1.165, 1.54) is 6.08 Å². The topological polar surface area (TPSA) is 81.5 Å². The third-order valence-electron chi connectivity index (χ3n) is 2.70. The van der Waals surface area contributed by atoms with Crippen molar-refractivity contribution in [3.05, 3.63) is 76.5 Å². The Morgan fingerprint density at radius 1 is 1.14 bits per heavy atom. The lowest BCUT2D eigenvalue weighted by molar-refractivity contribution is -0.400. The van der Waals surface area contributed by atoms with E-state index in [9.17, 15) is 14.9 Å². The highest BCUT2D eigenvalue weighted by atomic mass is 16.6. The third-order valence-corrected chi connectivity index (χ3v) is 2.70. The van der Waals surface area contributed by atoms with Crippen LogP contribution in [0.5, 0.6) is 5.75 Å². The van der Waals surface area contributed by atoms with Crippen LogP contribution in [0.15, 0.2) is 60.8 Å². The van der Waals surface area contributed by atoms with Gasteiger partial charge in [0, 0.05) is 11.8 Å². The van der Waals surface area contributed by atoms with E-state index >= 15 is 0 Å². The maximum Gasteiger partial charge on any atom is 0.262 e. The maximum atomic E-state index is 11.7. The molecule has 2 aromatic rings. The first-order valence-electron chi connectivity index (χ1n) is 6.53. The van der Waals surface area contributed by atoms with Crippen LogP contribution < -0.4 is 10.1 Å². The lowest BCUT2D eigenvalue weighted by Crippen LogP contribution is -2.20. The van der Waals surface area contributed by atoms with Gasteiger partial charge in [-0.05, 0) is 29.8 Å². The van der Waals surface area contributed by atoms with Crippen LogP contribution in [0.25, 0.3) is 6.08 Å². The summed E-state index contributed by atoms with van der Waals surface area (Å²) in [6, 6.07) is 15.7. The summed E-state index contributed by atoms with van der Waals surface area (Å²) in [5.41, 5.74) is 1.38. The summed E-state index contributed by atoms with van der Waals surface area (Å²) in [6.45, 7) is -0.112. The first kappa shape index (κ1) is 15.2. The number of hydrogen-bond donors (Lipinski definition) is 1. The van der Waals surface area contributed by atoms with Crippen LogP contribution in [0.4, 0.5) is 5.69 Å². The first-order chi connectivity index (χ1) is 10.6. The van der Waals surface area contributed by atoms with Crippen LogP contribution in [0, 0.1) is 10.1 Å². The number of carbonyl (C=O) groups excluding carboxylic acids is 1. The molecule has 0 saturated carbocycles. The summed E-state index contributed by atoms with van der Waals surface area (Å²) < 4.78 is 5.35. The fourth-order valence-electron chi connectivity index (χ4n) is 1.69. The van der Waals surface area contributed by atoms with Crippen molar-refractivity contribution in [3.63, 3.8) is 0 Å². The molecule has 1 N–H and O–H groups in total. The highest BCUT2D eigenvalue weighted by molar-refractivity contribution is 5.91. The van der Waals surface area contributed by atoms with Gasteiger partial charge in [-0.2, -0.15) is 0 Å². The van der Waals surface area contributed by atoms with E-state index in [0.29, 0.717) is 17.0 Å². The molecule has 0 spiro atoms. The number of carbonyl (C=O) groups is 1. The molecule has 2 rings (SSSR count). The van der Waals surface area contributed by atoms with Crippen LogP contribution in [0.1, 0.15) is 5.56 Å². The van der Waals surface area contributed by atoms with Gasteiger partial charge in [0.25, 0.3) is 5.91 Å². The van der Waals surface area contributed by atoms with Gasteiger partial charge in [-0.15, -0.1) is 0 Å². The second-order valence-corrected chi connectivity index (χ2v) is 4.37. The SMILES string of the molecule is O=C(COc1ccc(/C=C\[N+](=O)[O-])cc1)Nc1ccccc1. The average Bonchev–Trinajstić information content (AvgIpc) is 2.53. The van der Waals surface area contributed by atoms with Crippen molar-refractivity contribution < 1.29 is 14.5 Å². The van der Waals surface area contributed by atoms with Gasteiger partial charge in [-0.3, -0.25) is 14.9 Å². The summed E-state index contributed by atoms with van der Waals surface area (Å²) in [4.78, 5) is 21.4. The number of anilines is 1. The normalized spacial score (nSPS) is 10.4. The maximum absolute atomic E-state index is 11.7. The van der Waals surface area contributed by atoms with Gasteiger partial charge in [0.15, 0.2) is 6.61 Å². The Bertz CT molecular complexity index is 666. The summed E-state index contributed by atoms with van der Waals surface area (Å²) in [5, 5.41) is 12.9. The van der Waals surface area contributed by atoms with Crippen LogP contribution in [-0.2, 0) is 4.79 Å². The Kier molecular flexibility index (Phi) is 5.25. The Morgan fingerprint density at radius 2 is 1.82 bits per heavy atom. The van der Waals surface area contributed by atoms with Gasteiger partial charge >= 0.3 is 0 Å². The van der Waals surface area contributed by atoms with E-state index in [4.69, 9.17) is 4.74 Å². The minimum atomic E-state index is -0.529. The highest BCUT2D eigenvalue weighted by Gasteiger charge is 2.03. The minimum absolute atomic E-state index is 0.112. The molecule has 0 aromatic heterocycles. The predicted octanol–water partition coefficient (Wildman–Crippen LogP) is 2.95. The average molecular weight is 298 g/mol. The molecule has 6 heteroatoms. The molecule has 0 aliphatic carbocycles. The fraction of sp³-hybridized carbons (Fsp3) is 0.0625. The predicted molar refractivity (Wildman–Crippen MR) is 83.0 cm³/mol. The van der Waals surface area contributed by atoms with Crippen LogP contribution >= 0.6 is 0 Å². The van der Waals surface area contributed by atoms with Crippen molar-refractivity contribution in [2.45, 2.75) is 0 Å². The molecule has 2 aromatic carbocycles. The smallest absolute Gasteiger partial charge is 0.262 e. The number of rotatable bonds is 6. The van der Waals surface area contributed by atoms with Crippen molar-refractivity contribution in [2.24, 2.45) is 0 Å². The second kappa shape index (κ2) is 7.58. The molecule has 6 nitrogen and oxygen atoms in total. The van der Waals surface area contributed by atoms with Crippen molar-refractivity contribution >= 4 is 17.7 Å². The highest BCUT2D eigenvalue weighted by Crippen LogP contribution is 2.13. The molecule has 0 unspecified atom stereocenters. The lowest BCUT2D eigenvalue weighted by Gasteiger charge is -2.07. The number of hydrogen-bond acceptors (Lipinski definition) is 4. The molecular weight excluding hydrogens is 284 g/mol. The summed E-state index contributed by atoms with van der Waals surface area (Å²) >= 11 is 0. The van der Waals surface area contributed by atoms with Crippen molar-refractivity contribution in [2.75, 3.05) is 11.9 Å². The zero-order chi connectivity index (χ0) is 15.8. The molecular formula is C16H14N2O4. The monoisotopic (exact) mass is 298 g/mol. The summed E-state index contributed by atoms with van der Waals surface area (Å²) in [5.74, 6) is 0.255. The van der Waals surface area contributed by atoms with Gasteiger partial charge in [0.05, 0.1) is 4.92 Å². The Hall–Kier alpha value is -3.15. The van der Waals surface area contributed by atoms with Crippen molar-refractivity contribution in [3.8, 4) is 5.75 Å². The Balaban J connectivity index is 1.84. The standard InChI is InChI=1S/C16H14N2O4/c19-16(17-14-4-2-1-3-5-14)12-22-15-8-6-13(7-9-15)10-11-18(20)21/h1-11H,12H2,(H,17,19)/b11-10-. The second-order valence-electron chi connectivity index (χ2n) is 4.37. The van der Waals surface area contributed by atoms with Gasteiger partial charge in [0.1, 0.15) is 5.75 Å². The number of para-hydroxylation sites is 1. The zero-order valence-electron chi connectivity index (χ0n) is 11.6. The molecule has 0 bridgehead atoms. The number of benzene rings is 2. The quantitative estimate of drug-likeness (QED) is 0.656. The third kappa shape index (κ3) is 5.09. The Labute approximate surface area is 127 Å². The zero-order valence-corrected chi connectivity index (χ0v) is 11.6. The van der Waals surface area contributed by atoms with Gasteiger partial charge in [-0.1, -0.05) is 30.3 Å². The van der Waals surface area contributed by atoms with E-state index in [-0.39, 0.29) is 12.5 Å². The molecule has 1 amide bonds. The Morgan fingerprint density at radius 3 is 2.45 bits per heavy atom. The van der Waals surface area contributed by atoms with E-state index in [2.05, 4.69) is 5.32 Å². The van der Waals surface area contributed by atoms with Crippen LogP contribution in [-0.4, -0.2) is 17.4 Å². The first-order valence-corrected chi connectivity index (χ1v) is 6.53. The molecule has 0 fully saturated rings. The minimum Gasteiger partial charge on any atom is -0.484 e. The van der Waals surface area contributed by atoms with Crippen LogP contribution in [0.2, 0.25) is 0 Å². The molecule has 0 atom stereocenters. The van der Waals surface area contributed by atoms with E-state index in [1.807, 2.05) is 18.2 Å².